The minimum Gasteiger partial charge on any atom is -0.339 e. The second-order valence-corrected chi connectivity index (χ2v) is 7.24. The predicted molar refractivity (Wildman–Crippen MR) is 69.1 cm³/mol. The molecule has 0 aromatic heterocycles. The first-order chi connectivity index (χ1) is 9.21. The van der Waals surface area contributed by atoms with Crippen LogP contribution in [0.1, 0.15) is 29.6 Å². The van der Waals surface area contributed by atoms with Crippen LogP contribution in [0.25, 0.3) is 0 Å². The van der Waals surface area contributed by atoms with Crippen molar-refractivity contribution >= 4 is 25.6 Å². The summed E-state index contributed by atoms with van der Waals surface area (Å²) in [5, 5.41) is 0. The van der Waals surface area contributed by atoms with Gasteiger partial charge in [-0.15, -0.1) is 0 Å². The largest absolute Gasteiger partial charge is 0.339 e. The summed E-state index contributed by atoms with van der Waals surface area (Å²) < 4.78 is 49.8. The van der Waals surface area contributed by atoms with E-state index < -0.39 is 37.1 Å². The molecular weight excluding hydrogens is 312 g/mol. The van der Waals surface area contributed by atoms with Crippen LogP contribution in [-0.2, 0) is 9.05 Å². The number of hydrogen-bond acceptors (Lipinski definition) is 3. The van der Waals surface area contributed by atoms with E-state index in [-0.39, 0.29) is 6.04 Å². The number of halogens is 3. The van der Waals surface area contributed by atoms with Crippen molar-refractivity contribution in [2.75, 3.05) is 7.05 Å². The lowest BCUT2D eigenvalue weighted by atomic mass is 9.91. The van der Waals surface area contributed by atoms with Gasteiger partial charge in [-0.3, -0.25) is 4.79 Å². The second kappa shape index (κ2) is 5.29. The van der Waals surface area contributed by atoms with Gasteiger partial charge < -0.3 is 4.90 Å². The van der Waals surface area contributed by atoms with Gasteiger partial charge in [0, 0.05) is 23.8 Å². The number of carbonyl (C=O) groups excluding carboxylic acids is 1. The first-order valence-corrected chi connectivity index (χ1v) is 8.23. The third-order valence-electron chi connectivity index (χ3n) is 3.44. The second-order valence-electron chi connectivity index (χ2n) is 4.70. The summed E-state index contributed by atoms with van der Waals surface area (Å²) in [6.07, 6.45) is 2.55. The van der Waals surface area contributed by atoms with E-state index >= 15 is 0 Å². The SMILES string of the molecule is CN(C(=O)c1cc(F)cc(S(=O)(=O)Cl)c1F)C1CCC1. The molecule has 0 spiro atoms. The van der Waals surface area contributed by atoms with Crippen molar-refractivity contribution in [3.05, 3.63) is 29.3 Å². The molecule has 0 saturated heterocycles. The number of rotatable bonds is 3. The van der Waals surface area contributed by atoms with Crippen LogP contribution in [-0.4, -0.2) is 32.3 Å². The monoisotopic (exact) mass is 323 g/mol. The maximum atomic E-state index is 14.1. The van der Waals surface area contributed by atoms with E-state index in [0.717, 1.165) is 19.3 Å². The van der Waals surface area contributed by atoms with E-state index in [9.17, 15) is 22.0 Å². The molecule has 0 radical (unpaired) electrons. The van der Waals surface area contributed by atoms with E-state index in [0.29, 0.717) is 12.1 Å². The highest BCUT2D eigenvalue weighted by Crippen LogP contribution is 2.28. The molecule has 8 heteroatoms. The molecule has 20 heavy (non-hydrogen) atoms. The van der Waals surface area contributed by atoms with Crippen LogP contribution in [0.3, 0.4) is 0 Å². The third-order valence-corrected chi connectivity index (χ3v) is 4.76. The fraction of sp³-hybridized carbons (Fsp3) is 0.417. The summed E-state index contributed by atoms with van der Waals surface area (Å²) >= 11 is 0. The van der Waals surface area contributed by atoms with E-state index in [2.05, 4.69) is 0 Å². The Balaban J connectivity index is 2.46. The van der Waals surface area contributed by atoms with Gasteiger partial charge in [-0.05, 0) is 31.4 Å². The zero-order chi connectivity index (χ0) is 15.1. The van der Waals surface area contributed by atoms with Crippen LogP contribution < -0.4 is 0 Å². The summed E-state index contributed by atoms with van der Waals surface area (Å²) in [5.41, 5.74) is -0.626. The molecule has 1 saturated carbocycles. The highest BCUT2D eigenvalue weighted by atomic mass is 35.7. The lowest BCUT2D eigenvalue weighted by Gasteiger charge is -2.34. The van der Waals surface area contributed by atoms with Gasteiger partial charge >= 0.3 is 0 Å². The van der Waals surface area contributed by atoms with Gasteiger partial charge in [0.2, 0.25) is 0 Å². The molecule has 110 valence electrons. The number of hydrogen-bond donors (Lipinski definition) is 0. The van der Waals surface area contributed by atoms with Crippen molar-refractivity contribution in [1.82, 2.24) is 4.90 Å². The van der Waals surface area contributed by atoms with Crippen molar-refractivity contribution in [1.29, 1.82) is 0 Å². The standard InChI is InChI=1S/C12H12ClF2NO3S/c1-16(8-3-2-4-8)12(17)9-5-7(14)6-10(11(9)15)20(13,18)19/h5-6,8H,2-4H2,1H3. The summed E-state index contributed by atoms with van der Waals surface area (Å²) in [6.45, 7) is 0. The average molecular weight is 324 g/mol. The van der Waals surface area contributed by atoms with E-state index in [1.54, 1.807) is 0 Å². The van der Waals surface area contributed by atoms with Crippen molar-refractivity contribution in [3.63, 3.8) is 0 Å². The highest BCUT2D eigenvalue weighted by Gasteiger charge is 2.30. The van der Waals surface area contributed by atoms with E-state index in [1.165, 1.54) is 11.9 Å². The van der Waals surface area contributed by atoms with Crippen LogP contribution in [0.2, 0.25) is 0 Å². The Bertz CT molecular complexity index is 659. The number of nitrogens with zero attached hydrogens (tertiary/aromatic N) is 1. The molecule has 2 rings (SSSR count). The van der Waals surface area contributed by atoms with Crippen LogP contribution in [0.5, 0.6) is 0 Å². The minimum atomic E-state index is -4.46. The fourth-order valence-electron chi connectivity index (χ4n) is 2.03. The summed E-state index contributed by atoms with van der Waals surface area (Å²) in [7, 11) is 2.05. The Morgan fingerprint density at radius 2 is 1.95 bits per heavy atom. The van der Waals surface area contributed by atoms with Crippen molar-refractivity contribution in [2.24, 2.45) is 0 Å². The number of benzene rings is 1. The Morgan fingerprint density at radius 1 is 1.35 bits per heavy atom. The summed E-state index contributed by atoms with van der Waals surface area (Å²) in [6, 6.07) is 1.11. The van der Waals surface area contributed by atoms with Gasteiger partial charge in [-0.2, -0.15) is 0 Å². The Hall–Kier alpha value is -1.21. The fourth-order valence-corrected chi connectivity index (χ4v) is 2.94. The molecule has 1 fully saturated rings. The molecule has 0 heterocycles. The van der Waals surface area contributed by atoms with Gasteiger partial charge in [0.1, 0.15) is 10.7 Å². The quantitative estimate of drug-likeness (QED) is 0.803. The van der Waals surface area contributed by atoms with Gasteiger partial charge in [0.25, 0.3) is 15.0 Å². The minimum absolute atomic E-state index is 0.0266. The average Bonchev–Trinajstić information content (AvgIpc) is 2.27. The summed E-state index contributed by atoms with van der Waals surface area (Å²) in [5.74, 6) is -3.11. The molecule has 1 aliphatic carbocycles. The molecule has 1 aromatic carbocycles. The molecular formula is C12H12ClF2NO3S. The van der Waals surface area contributed by atoms with Crippen molar-refractivity contribution in [2.45, 2.75) is 30.2 Å². The summed E-state index contributed by atoms with van der Waals surface area (Å²) in [4.78, 5) is 12.4. The third kappa shape index (κ3) is 2.78. The van der Waals surface area contributed by atoms with Gasteiger partial charge in [0.15, 0.2) is 5.82 Å². The molecule has 1 amide bonds. The van der Waals surface area contributed by atoms with Crippen molar-refractivity contribution < 1.29 is 22.0 Å². The lowest BCUT2D eigenvalue weighted by Crippen LogP contribution is -2.41. The van der Waals surface area contributed by atoms with Crippen LogP contribution >= 0.6 is 10.7 Å². The smallest absolute Gasteiger partial charge is 0.264 e. The first kappa shape index (κ1) is 15.2. The van der Waals surface area contributed by atoms with Gasteiger partial charge in [0.05, 0.1) is 5.56 Å². The van der Waals surface area contributed by atoms with Crippen LogP contribution in [0.15, 0.2) is 17.0 Å². The molecule has 1 aliphatic rings. The lowest BCUT2D eigenvalue weighted by molar-refractivity contribution is 0.0646. The Morgan fingerprint density at radius 3 is 2.40 bits per heavy atom. The normalized spacial score (nSPS) is 15.8. The predicted octanol–water partition coefficient (Wildman–Crippen LogP) is 2.52. The van der Waals surface area contributed by atoms with E-state index in [4.69, 9.17) is 10.7 Å². The molecule has 0 bridgehead atoms. The highest BCUT2D eigenvalue weighted by molar-refractivity contribution is 8.13. The first-order valence-electron chi connectivity index (χ1n) is 5.92. The maximum Gasteiger partial charge on any atom is 0.264 e. The van der Waals surface area contributed by atoms with Crippen LogP contribution in [0, 0.1) is 11.6 Å². The number of amides is 1. The molecule has 1 aromatic rings. The molecule has 0 unspecified atom stereocenters. The van der Waals surface area contributed by atoms with Crippen molar-refractivity contribution in [3.8, 4) is 0 Å². The Labute approximate surface area is 119 Å². The zero-order valence-corrected chi connectivity index (χ0v) is 12.1. The molecule has 0 aliphatic heterocycles. The molecule has 0 N–H and O–H groups in total. The Kier molecular flexibility index (Phi) is 4.02. The van der Waals surface area contributed by atoms with E-state index in [1.807, 2.05) is 0 Å². The maximum absolute atomic E-state index is 14.1. The number of carbonyl (C=O) groups is 1. The van der Waals surface area contributed by atoms with Gasteiger partial charge in [-0.1, -0.05) is 0 Å². The van der Waals surface area contributed by atoms with Gasteiger partial charge in [-0.25, -0.2) is 17.2 Å². The molecule has 4 nitrogen and oxygen atoms in total. The van der Waals surface area contributed by atoms with Crippen LogP contribution in [0.4, 0.5) is 8.78 Å². The zero-order valence-electron chi connectivity index (χ0n) is 10.6. The topological polar surface area (TPSA) is 54.5 Å². The molecule has 0 atom stereocenters.